The predicted octanol–water partition coefficient (Wildman–Crippen LogP) is 5.94. The van der Waals surface area contributed by atoms with Gasteiger partial charge in [-0.2, -0.15) is 5.10 Å². The summed E-state index contributed by atoms with van der Waals surface area (Å²) in [4.78, 5) is 17.9. The Balaban J connectivity index is 1.61. The number of nitrogens with zero attached hydrogens (tertiary/aromatic N) is 2. The first-order valence-corrected chi connectivity index (χ1v) is 11.5. The first-order valence-electron chi connectivity index (χ1n) is 11.5. The van der Waals surface area contributed by atoms with E-state index in [9.17, 15) is 4.79 Å². The number of carbonyl (C=O) groups excluding carboxylic acids is 1. The molecule has 178 valence electrons. The zero-order chi connectivity index (χ0) is 24.8. The minimum Gasteiger partial charge on any atom is -0.496 e. The highest BCUT2D eigenvalue weighted by molar-refractivity contribution is 6.07. The smallest absolute Gasteiger partial charge is 0.272 e. The van der Waals surface area contributed by atoms with Crippen molar-refractivity contribution in [3.8, 4) is 17.0 Å². The Kier molecular flexibility index (Phi) is 7.53. The fraction of sp³-hybridized carbons (Fsp3) is 0.207. The Morgan fingerprint density at radius 2 is 1.80 bits per heavy atom. The molecule has 4 rings (SSSR count). The molecule has 0 fully saturated rings. The number of methoxy groups -OCH3 is 2. The van der Waals surface area contributed by atoms with E-state index in [0.29, 0.717) is 18.1 Å². The van der Waals surface area contributed by atoms with Gasteiger partial charge in [-0.3, -0.25) is 4.79 Å². The van der Waals surface area contributed by atoms with E-state index in [1.807, 2.05) is 60.7 Å². The first-order chi connectivity index (χ1) is 17.0. The Hall–Kier alpha value is -4.03. The molecule has 0 saturated heterocycles. The molecule has 6 nitrogen and oxygen atoms in total. The predicted molar refractivity (Wildman–Crippen MR) is 140 cm³/mol. The summed E-state index contributed by atoms with van der Waals surface area (Å²) in [6, 6.07) is 23.4. The SMILES string of the molecule is COCc1cc(/C=N\NC(=O)c2cc(-c3ccc(C(C)C)cc3)nc3ccccc23)ccc1OC. The van der Waals surface area contributed by atoms with Crippen molar-refractivity contribution >= 4 is 23.0 Å². The minimum absolute atomic E-state index is 0.300. The molecule has 0 atom stereocenters. The van der Waals surface area contributed by atoms with Crippen LogP contribution < -0.4 is 10.2 Å². The van der Waals surface area contributed by atoms with Crippen LogP contribution in [0, 0.1) is 0 Å². The van der Waals surface area contributed by atoms with Crippen LogP contribution in [0.3, 0.4) is 0 Å². The largest absolute Gasteiger partial charge is 0.496 e. The third-order valence-corrected chi connectivity index (χ3v) is 5.82. The van der Waals surface area contributed by atoms with E-state index in [4.69, 9.17) is 14.5 Å². The number of hydrazone groups is 1. The third kappa shape index (κ3) is 5.55. The van der Waals surface area contributed by atoms with Crippen LogP contribution in [-0.2, 0) is 11.3 Å². The maximum atomic E-state index is 13.2. The summed E-state index contributed by atoms with van der Waals surface area (Å²) in [5.74, 6) is 0.889. The van der Waals surface area contributed by atoms with Gasteiger partial charge in [0.2, 0.25) is 0 Å². The van der Waals surface area contributed by atoms with Crippen LogP contribution in [0.2, 0.25) is 0 Å². The molecule has 0 bridgehead atoms. The number of nitrogens with one attached hydrogen (secondary N) is 1. The number of carbonyl (C=O) groups is 1. The highest BCUT2D eigenvalue weighted by Gasteiger charge is 2.14. The molecular formula is C29H29N3O3. The van der Waals surface area contributed by atoms with Crippen molar-refractivity contribution in [2.45, 2.75) is 26.4 Å². The Morgan fingerprint density at radius 1 is 1.03 bits per heavy atom. The highest BCUT2D eigenvalue weighted by Crippen LogP contribution is 2.26. The summed E-state index contributed by atoms with van der Waals surface area (Å²) >= 11 is 0. The van der Waals surface area contributed by atoms with E-state index in [2.05, 4.69) is 36.5 Å². The van der Waals surface area contributed by atoms with Crippen molar-refractivity contribution in [2.75, 3.05) is 14.2 Å². The van der Waals surface area contributed by atoms with Gasteiger partial charge in [0.05, 0.1) is 36.7 Å². The molecule has 4 aromatic rings. The molecule has 0 aliphatic carbocycles. The summed E-state index contributed by atoms with van der Waals surface area (Å²) in [5.41, 5.74) is 8.62. The molecule has 35 heavy (non-hydrogen) atoms. The first kappa shape index (κ1) is 24.1. The lowest BCUT2D eigenvalue weighted by molar-refractivity contribution is 0.0956. The van der Waals surface area contributed by atoms with Crippen LogP contribution in [0.4, 0.5) is 0 Å². The maximum Gasteiger partial charge on any atom is 0.272 e. The zero-order valence-corrected chi connectivity index (χ0v) is 20.4. The van der Waals surface area contributed by atoms with E-state index >= 15 is 0 Å². The molecule has 6 heteroatoms. The van der Waals surface area contributed by atoms with Crippen molar-refractivity contribution in [3.63, 3.8) is 0 Å². The van der Waals surface area contributed by atoms with E-state index < -0.39 is 0 Å². The second kappa shape index (κ2) is 10.9. The lowest BCUT2D eigenvalue weighted by Crippen LogP contribution is -2.18. The fourth-order valence-corrected chi connectivity index (χ4v) is 3.92. The minimum atomic E-state index is -0.300. The lowest BCUT2D eigenvalue weighted by atomic mass is 9.99. The monoisotopic (exact) mass is 467 g/mol. The number of ether oxygens (including phenoxy) is 2. The quantitative estimate of drug-likeness (QED) is 0.257. The molecule has 1 aromatic heterocycles. The average Bonchev–Trinajstić information content (AvgIpc) is 2.88. The molecule has 0 unspecified atom stereocenters. The summed E-state index contributed by atoms with van der Waals surface area (Å²) in [6.45, 7) is 4.74. The van der Waals surface area contributed by atoms with Crippen LogP contribution in [0.5, 0.6) is 5.75 Å². The molecule has 0 aliphatic rings. The van der Waals surface area contributed by atoms with E-state index in [1.165, 1.54) is 5.56 Å². The van der Waals surface area contributed by atoms with Crippen molar-refractivity contribution < 1.29 is 14.3 Å². The van der Waals surface area contributed by atoms with Crippen LogP contribution in [0.15, 0.2) is 77.9 Å². The molecule has 0 aliphatic heterocycles. The maximum absolute atomic E-state index is 13.2. The summed E-state index contributed by atoms with van der Waals surface area (Å²) in [6.07, 6.45) is 1.60. The number of rotatable bonds is 8. The molecule has 0 spiro atoms. The average molecular weight is 468 g/mol. The van der Waals surface area contributed by atoms with Gasteiger partial charge in [-0.25, -0.2) is 10.4 Å². The molecule has 0 radical (unpaired) electrons. The van der Waals surface area contributed by atoms with Gasteiger partial charge in [0, 0.05) is 23.6 Å². The molecule has 3 aromatic carbocycles. The Morgan fingerprint density at radius 3 is 2.51 bits per heavy atom. The second-order valence-electron chi connectivity index (χ2n) is 8.55. The number of aromatic nitrogens is 1. The normalized spacial score (nSPS) is 11.3. The summed E-state index contributed by atoms with van der Waals surface area (Å²) in [7, 11) is 3.25. The van der Waals surface area contributed by atoms with Crippen LogP contribution in [0.1, 0.15) is 46.8 Å². The third-order valence-electron chi connectivity index (χ3n) is 5.82. The number of hydrogen-bond acceptors (Lipinski definition) is 5. The summed E-state index contributed by atoms with van der Waals surface area (Å²) in [5, 5.41) is 4.96. The Labute approximate surface area is 205 Å². The van der Waals surface area contributed by atoms with Crippen molar-refractivity contribution in [1.29, 1.82) is 0 Å². The van der Waals surface area contributed by atoms with Crippen molar-refractivity contribution in [3.05, 3.63) is 95.1 Å². The van der Waals surface area contributed by atoms with Gasteiger partial charge in [-0.1, -0.05) is 56.3 Å². The van der Waals surface area contributed by atoms with Crippen LogP contribution in [-0.4, -0.2) is 31.3 Å². The second-order valence-corrected chi connectivity index (χ2v) is 8.55. The van der Waals surface area contributed by atoms with Gasteiger partial charge in [-0.15, -0.1) is 0 Å². The summed E-state index contributed by atoms with van der Waals surface area (Å²) < 4.78 is 10.6. The van der Waals surface area contributed by atoms with Gasteiger partial charge in [0.15, 0.2) is 0 Å². The van der Waals surface area contributed by atoms with Gasteiger partial charge in [-0.05, 0) is 47.4 Å². The molecule has 1 amide bonds. The van der Waals surface area contributed by atoms with Gasteiger partial charge in [0.25, 0.3) is 5.91 Å². The highest BCUT2D eigenvalue weighted by atomic mass is 16.5. The number of benzene rings is 3. The zero-order valence-electron chi connectivity index (χ0n) is 20.4. The van der Waals surface area contributed by atoms with Gasteiger partial charge >= 0.3 is 0 Å². The fourth-order valence-electron chi connectivity index (χ4n) is 3.92. The standard InChI is InChI=1S/C29H29N3O3/c1-19(2)21-10-12-22(13-11-21)27-16-25(24-7-5-6-8-26(24)31-27)29(33)32-30-17-20-9-14-28(35-4)23(15-20)18-34-3/h5-17,19H,18H2,1-4H3,(H,32,33)/b30-17-. The number of pyridine rings is 1. The van der Waals surface area contributed by atoms with Crippen LogP contribution in [0.25, 0.3) is 22.2 Å². The van der Waals surface area contributed by atoms with Crippen molar-refractivity contribution in [2.24, 2.45) is 5.10 Å². The number of para-hydroxylation sites is 1. The van der Waals surface area contributed by atoms with Gasteiger partial charge < -0.3 is 9.47 Å². The molecule has 1 heterocycles. The van der Waals surface area contributed by atoms with Crippen LogP contribution >= 0.6 is 0 Å². The van der Waals surface area contributed by atoms with E-state index in [0.717, 1.165) is 39.0 Å². The van der Waals surface area contributed by atoms with Gasteiger partial charge in [0.1, 0.15) is 5.75 Å². The molecular weight excluding hydrogens is 438 g/mol. The topological polar surface area (TPSA) is 72.8 Å². The number of hydrogen-bond donors (Lipinski definition) is 1. The van der Waals surface area contributed by atoms with E-state index in [-0.39, 0.29) is 5.91 Å². The van der Waals surface area contributed by atoms with Crippen molar-refractivity contribution in [1.82, 2.24) is 10.4 Å². The lowest BCUT2D eigenvalue weighted by Gasteiger charge is -2.10. The molecule has 0 saturated carbocycles. The van der Waals surface area contributed by atoms with E-state index in [1.54, 1.807) is 20.4 Å². The Bertz CT molecular complexity index is 1360. The molecule has 1 N–H and O–H groups in total. The number of fused-ring (bicyclic) bond motifs is 1. The number of amides is 1.